The minimum Gasteiger partial charge on any atom is -0.464 e. The summed E-state index contributed by atoms with van der Waals surface area (Å²) in [5, 5.41) is 4.32. The van der Waals surface area contributed by atoms with Gasteiger partial charge < -0.3 is 14.5 Å². The fourth-order valence-electron chi connectivity index (χ4n) is 2.94. The molecule has 0 aliphatic heterocycles. The van der Waals surface area contributed by atoms with Crippen molar-refractivity contribution in [2.24, 2.45) is 0 Å². The van der Waals surface area contributed by atoms with Crippen molar-refractivity contribution in [3.8, 4) is 0 Å². The van der Waals surface area contributed by atoms with Gasteiger partial charge >= 0.3 is 5.97 Å². The Morgan fingerprint density at radius 2 is 1.82 bits per heavy atom. The van der Waals surface area contributed by atoms with Crippen molar-refractivity contribution in [1.29, 1.82) is 0 Å². The number of rotatable bonds is 6. The van der Waals surface area contributed by atoms with E-state index in [9.17, 15) is 9.59 Å². The standard InChI is InChI=1S/C22H22ClNO4/c1-13-8-19-17(11-27-20(19)9-14(13)2)10-22(26)28-12-21(25)24-15(3)16-4-6-18(23)7-5-16/h4-9,11,15H,10,12H2,1-3H3,(H,24,25)/t15-/m0/s1. The van der Waals surface area contributed by atoms with Crippen LogP contribution in [0, 0.1) is 13.8 Å². The Kier molecular flexibility index (Phi) is 6.05. The number of hydrogen-bond acceptors (Lipinski definition) is 4. The fraction of sp³-hybridized carbons (Fsp3) is 0.273. The maximum Gasteiger partial charge on any atom is 0.310 e. The zero-order chi connectivity index (χ0) is 20.3. The van der Waals surface area contributed by atoms with Crippen LogP contribution < -0.4 is 5.32 Å². The molecular formula is C22H22ClNO4. The monoisotopic (exact) mass is 399 g/mol. The van der Waals surface area contributed by atoms with Crippen molar-refractivity contribution in [3.63, 3.8) is 0 Å². The summed E-state index contributed by atoms with van der Waals surface area (Å²) in [7, 11) is 0. The van der Waals surface area contributed by atoms with Gasteiger partial charge in [0.2, 0.25) is 0 Å². The first-order chi connectivity index (χ1) is 13.3. The van der Waals surface area contributed by atoms with Crippen LogP contribution in [0.15, 0.2) is 47.1 Å². The summed E-state index contributed by atoms with van der Waals surface area (Å²) in [6.45, 7) is 5.54. The normalized spacial score (nSPS) is 12.0. The number of fused-ring (bicyclic) bond motifs is 1. The van der Waals surface area contributed by atoms with Crippen molar-refractivity contribution >= 4 is 34.4 Å². The third kappa shape index (κ3) is 4.73. The second-order valence-electron chi connectivity index (χ2n) is 6.87. The highest BCUT2D eigenvalue weighted by atomic mass is 35.5. The number of halogens is 1. The molecular weight excluding hydrogens is 378 g/mol. The van der Waals surface area contributed by atoms with Crippen LogP contribution in [0.2, 0.25) is 5.02 Å². The molecule has 0 bridgehead atoms. The Morgan fingerprint density at radius 1 is 1.14 bits per heavy atom. The Labute approximate surface area is 168 Å². The Bertz CT molecular complexity index is 1010. The Balaban J connectivity index is 1.53. The molecule has 0 saturated carbocycles. The van der Waals surface area contributed by atoms with Gasteiger partial charge in [-0.05, 0) is 61.7 Å². The van der Waals surface area contributed by atoms with Crippen molar-refractivity contribution < 1.29 is 18.7 Å². The number of carbonyl (C=O) groups is 2. The van der Waals surface area contributed by atoms with Gasteiger partial charge in [0, 0.05) is 16.0 Å². The molecule has 1 atom stereocenters. The highest BCUT2D eigenvalue weighted by Crippen LogP contribution is 2.25. The molecule has 0 aliphatic rings. The number of amides is 1. The Hall–Kier alpha value is -2.79. The molecule has 0 saturated heterocycles. The first kappa shape index (κ1) is 20.0. The topological polar surface area (TPSA) is 68.5 Å². The van der Waals surface area contributed by atoms with Crippen LogP contribution in [0.3, 0.4) is 0 Å². The lowest BCUT2D eigenvalue weighted by Crippen LogP contribution is -2.31. The number of furan rings is 1. The van der Waals surface area contributed by atoms with Gasteiger partial charge in [-0.1, -0.05) is 23.7 Å². The fourth-order valence-corrected chi connectivity index (χ4v) is 3.07. The molecule has 146 valence electrons. The first-order valence-corrected chi connectivity index (χ1v) is 9.39. The van der Waals surface area contributed by atoms with Gasteiger partial charge in [0.05, 0.1) is 18.7 Å². The van der Waals surface area contributed by atoms with E-state index in [-0.39, 0.29) is 25.0 Å². The molecule has 0 unspecified atom stereocenters. The number of nitrogens with one attached hydrogen (secondary N) is 1. The van der Waals surface area contributed by atoms with Gasteiger partial charge in [-0.2, -0.15) is 0 Å². The number of carbonyl (C=O) groups excluding carboxylic acids is 2. The van der Waals surface area contributed by atoms with Crippen LogP contribution in [0.1, 0.15) is 35.2 Å². The first-order valence-electron chi connectivity index (χ1n) is 9.01. The van der Waals surface area contributed by atoms with Crippen LogP contribution in [0.25, 0.3) is 11.0 Å². The predicted molar refractivity (Wildman–Crippen MR) is 108 cm³/mol. The number of ether oxygens (including phenoxy) is 1. The molecule has 2 aromatic carbocycles. The molecule has 0 aliphatic carbocycles. The summed E-state index contributed by atoms with van der Waals surface area (Å²) in [6.07, 6.45) is 1.61. The quantitative estimate of drug-likeness (QED) is 0.612. The van der Waals surface area contributed by atoms with Gasteiger partial charge in [0.1, 0.15) is 5.58 Å². The summed E-state index contributed by atoms with van der Waals surface area (Å²) in [4.78, 5) is 24.2. The number of benzene rings is 2. The number of esters is 1. The molecule has 1 aromatic heterocycles. The van der Waals surface area contributed by atoms with Crippen molar-refractivity contribution in [3.05, 3.63) is 69.9 Å². The summed E-state index contributed by atoms with van der Waals surface area (Å²) in [5.41, 5.74) is 4.65. The summed E-state index contributed by atoms with van der Waals surface area (Å²) in [5.74, 6) is -0.838. The van der Waals surface area contributed by atoms with E-state index in [0.29, 0.717) is 5.02 Å². The SMILES string of the molecule is Cc1cc2occ(CC(=O)OCC(=O)N[C@@H](C)c3ccc(Cl)cc3)c2cc1C. The summed E-state index contributed by atoms with van der Waals surface area (Å²) in [6, 6.07) is 10.9. The molecule has 3 aromatic rings. The van der Waals surface area contributed by atoms with E-state index in [2.05, 4.69) is 5.32 Å². The van der Waals surface area contributed by atoms with E-state index in [1.807, 2.05) is 45.0 Å². The van der Waals surface area contributed by atoms with E-state index in [0.717, 1.165) is 33.2 Å². The van der Waals surface area contributed by atoms with E-state index in [1.54, 1.807) is 18.4 Å². The van der Waals surface area contributed by atoms with E-state index in [4.69, 9.17) is 20.8 Å². The molecule has 1 amide bonds. The maximum absolute atomic E-state index is 12.1. The molecule has 3 rings (SSSR count). The molecule has 0 spiro atoms. The molecule has 5 nitrogen and oxygen atoms in total. The summed E-state index contributed by atoms with van der Waals surface area (Å²) >= 11 is 5.87. The summed E-state index contributed by atoms with van der Waals surface area (Å²) < 4.78 is 10.6. The van der Waals surface area contributed by atoms with Gasteiger partial charge in [-0.25, -0.2) is 0 Å². The average Bonchev–Trinajstić information content (AvgIpc) is 3.02. The lowest BCUT2D eigenvalue weighted by Gasteiger charge is -2.14. The second-order valence-corrected chi connectivity index (χ2v) is 7.31. The van der Waals surface area contributed by atoms with Crippen LogP contribution in [0.5, 0.6) is 0 Å². The van der Waals surface area contributed by atoms with Crippen molar-refractivity contribution in [2.75, 3.05) is 6.61 Å². The highest BCUT2D eigenvalue weighted by molar-refractivity contribution is 6.30. The van der Waals surface area contributed by atoms with Crippen molar-refractivity contribution in [2.45, 2.75) is 33.2 Å². The van der Waals surface area contributed by atoms with Gasteiger partial charge in [0.25, 0.3) is 5.91 Å². The predicted octanol–water partition coefficient (Wildman–Crippen LogP) is 4.67. The van der Waals surface area contributed by atoms with Gasteiger partial charge in [0.15, 0.2) is 6.61 Å². The van der Waals surface area contributed by atoms with Crippen LogP contribution in [-0.2, 0) is 20.7 Å². The van der Waals surface area contributed by atoms with Gasteiger partial charge in [-0.15, -0.1) is 0 Å². The lowest BCUT2D eigenvalue weighted by molar-refractivity contribution is -0.148. The molecule has 6 heteroatoms. The minimum absolute atomic E-state index is 0.0511. The zero-order valence-corrected chi connectivity index (χ0v) is 16.8. The number of aryl methyl sites for hydroxylation is 2. The lowest BCUT2D eigenvalue weighted by atomic mass is 10.0. The smallest absolute Gasteiger partial charge is 0.310 e. The minimum atomic E-state index is -0.477. The molecule has 28 heavy (non-hydrogen) atoms. The van der Waals surface area contributed by atoms with E-state index in [1.165, 1.54) is 0 Å². The van der Waals surface area contributed by atoms with E-state index >= 15 is 0 Å². The van der Waals surface area contributed by atoms with Crippen LogP contribution >= 0.6 is 11.6 Å². The molecule has 0 fully saturated rings. The zero-order valence-electron chi connectivity index (χ0n) is 16.0. The van der Waals surface area contributed by atoms with E-state index < -0.39 is 5.97 Å². The second kappa shape index (κ2) is 8.48. The third-order valence-corrected chi connectivity index (χ3v) is 4.97. The largest absolute Gasteiger partial charge is 0.464 e. The average molecular weight is 400 g/mol. The molecule has 0 radical (unpaired) electrons. The maximum atomic E-state index is 12.1. The van der Waals surface area contributed by atoms with Gasteiger partial charge in [-0.3, -0.25) is 9.59 Å². The molecule has 1 heterocycles. The van der Waals surface area contributed by atoms with Crippen molar-refractivity contribution in [1.82, 2.24) is 5.32 Å². The van der Waals surface area contributed by atoms with Crippen LogP contribution in [0.4, 0.5) is 0 Å². The third-order valence-electron chi connectivity index (χ3n) is 4.72. The van der Waals surface area contributed by atoms with Crippen LogP contribution in [-0.4, -0.2) is 18.5 Å². The highest BCUT2D eigenvalue weighted by Gasteiger charge is 2.15. The number of hydrogen-bond donors (Lipinski definition) is 1. The Morgan fingerprint density at radius 3 is 2.54 bits per heavy atom. The molecule has 1 N–H and O–H groups in total.